The lowest BCUT2D eigenvalue weighted by atomic mass is 10.2. The van der Waals surface area contributed by atoms with Crippen molar-refractivity contribution in [3.05, 3.63) is 27.7 Å². The molecular formula is C7H9NOS. The van der Waals surface area contributed by atoms with Crippen LogP contribution in [-0.4, -0.2) is 4.98 Å². The number of rotatable bonds is 0. The fourth-order valence-electron chi connectivity index (χ4n) is 0.712. The van der Waals surface area contributed by atoms with Crippen LogP contribution in [0.5, 0.6) is 0 Å². The zero-order chi connectivity index (χ0) is 7.72. The van der Waals surface area contributed by atoms with Crippen LogP contribution in [0.25, 0.3) is 0 Å². The van der Waals surface area contributed by atoms with Gasteiger partial charge in [-0.3, -0.25) is 4.79 Å². The van der Waals surface area contributed by atoms with Crippen LogP contribution in [0, 0.1) is 13.8 Å². The van der Waals surface area contributed by atoms with E-state index in [-0.39, 0.29) is 5.56 Å². The molecule has 1 aromatic heterocycles. The summed E-state index contributed by atoms with van der Waals surface area (Å²) in [5, 5.41) is 0. The lowest BCUT2D eigenvalue weighted by molar-refractivity contribution is 1.05. The van der Waals surface area contributed by atoms with Gasteiger partial charge in [-0.15, -0.1) is 12.6 Å². The second-order valence-corrected chi connectivity index (χ2v) is 2.77. The Bertz CT molecular complexity index is 303. The van der Waals surface area contributed by atoms with E-state index >= 15 is 0 Å². The van der Waals surface area contributed by atoms with Crippen molar-refractivity contribution >= 4 is 12.6 Å². The van der Waals surface area contributed by atoms with E-state index in [9.17, 15) is 4.79 Å². The molecule has 0 spiro atoms. The van der Waals surface area contributed by atoms with Gasteiger partial charge >= 0.3 is 0 Å². The molecule has 0 unspecified atom stereocenters. The molecule has 0 amide bonds. The molecule has 0 saturated carbocycles. The summed E-state index contributed by atoms with van der Waals surface area (Å²) in [4.78, 5) is 14.0. The summed E-state index contributed by atoms with van der Waals surface area (Å²) in [6, 6.07) is 1.76. The Kier molecular flexibility index (Phi) is 1.85. The number of thiol groups is 1. The molecule has 0 saturated heterocycles. The molecule has 0 atom stereocenters. The van der Waals surface area contributed by atoms with Crippen LogP contribution < -0.4 is 5.56 Å². The normalized spacial score (nSPS) is 9.90. The molecule has 54 valence electrons. The average molecular weight is 155 g/mol. The average Bonchev–Trinajstić information content (AvgIpc) is 1.84. The maximum atomic E-state index is 10.9. The molecule has 10 heavy (non-hydrogen) atoms. The Morgan fingerprint density at radius 1 is 1.50 bits per heavy atom. The van der Waals surface area contributed by atoms with Crippen molar-refractivity contribution in [2.75, 3.05) is 0 Å². The lowest BCUT2D eigenvalue weighted by Gasteiger charge is -1.98. The molecule has 0 aliphatic rings. The van der Waals surface area contributed by atoms with Gasteiger partial charge in [-0.25, -0.2) is 0 Å². The number of H-pyrrole nitrogens is 1. The topological polar surface area (TPSA) is 32.9 Å². The van der Waals surface area contributed by atoms with Crippen molar-refractivity contribution in [3.8, 4) is 0 Å². The number of aryl methyl sites for hydroxylation is 2. The van der Waals surface area contributed by atoms with Gasteiger partial charge in [0.05, 0.1) is 4.90 Å². The number of aromatic amines is 1. The number of hydrogen-bond donors (Lipinski definition) is 2. The molecule has 1 aromatic rings. The first kappa shape index (κ1) is 7.41. The molecular weight excluding hydrogens is 146 g/mol. The Labute approximate surface area is 64.7 Å². The maximum Gasteiger partial charge on any atom is 0.261 e. The molecule has 0 fully saturated rings. The molecule has 3 heteroatoms. The number of nitrogens with one attached hydrogen (secondary N) is 1. The van der Waals surface area contributed by atoms with E-state index in [1.165, 1.54) is 0 Å². The first-order valence-corrected chi connectivity index (χ1v) is 3.45. The molecule has 0 bridgehead atoms. The van der Waals surface area contributed by atoms with Crippen molar-refractivity contribution in [1.82, 2.24) is 4.98 Å². The van der Waals surface area contributed by atoms with Crippen LogP contribution in [0.2, 0.25) is 0 Å². The first-order chi connectivity index (χ1) is 4.61. The Morgan fingerprint density at radius 3 is 2.60 bits per heavy atom. The Hall–Kier alpha value is -0.700. The van der Waals surface area contributed by atoms with Crippen LogP contribution >= 0.6 is 12.6 Å². The number of pyridine rings is 1. The summed E-state index contributed by atoms with van der Waals surface area (Å²) >= 11 is 3.97. The van der Waals surface area contributed by atoms with Gasteiger partial charge in [-0.1, -0.05) is 0 Å². The predicted octanol–water partition coefficient (Wildman–Crippen LogP) is 1.28. The van der Waals surface area contributed by atoms with Crippen LogP contribution in [-0.2, 0) is 0 Å². The summed E-state index contributed by atoms with van der Waals surface area (Å²) in [7, 11) is 0. The van der Waals surface area contributed by atoms with E-state index in [0.717, 1.165) is 11.3 Å². The monoisotopic (exact) mass is 155 g/mol. The fraction of sp³-hybridized carbons (Fsp3) is 0.286. The second-order valence-electron chi connectivity index (χ2n) is 2.29. The molecule has 1 heterocycles. The van der Waals surface area contributed by atoms with Crippen LogP contribution in [0.1, 0.15) is 11.3 Å². The summed E-state index contributed by atoms with van der Waals surface area (Å²) < 4.78 is 0. The highest BCUT2D eigenvalue weighted by Crippen LogP contribution is 2.04. The minimum atomic E-state index is -0.119. The van der Waals surface area contributed by atoms with Gasteiger partial charge in [0.1, 0.15) is 0 Å². The highest BCUT2D eigenvalue weighted by molar-refractivity contribution is 7.80. The van der Waals surface area contributed by atoms with Crippen LogP contribution in [0.3, 0.4) is 0 Å². The van der Waals surface area contributed by atoms with Gasteiger partial charge in [-0.2, -0.15) is 0 Å². The minimum absolute atomic E-state index is 0.119. The van der Waals surface area contributed by atoms with Gasteiger partial charge in [0.2, 0.25) is 0 Å². The standard InChI is InChI=1S/C7H9NOS/c1-4-3-6(10)7(9)8-5(4)2/h3,10H,1-2H3,(H,8,9). The van der Waals surface area contributed by atoms with Gasteiger partial charge in [0, 0.05) is 5.69 Å². The third kappa shape index (κ3) is 1.24. The Morgan fingerprint density at radius 2 is 2.10 bits per heavy atom. The van der Waals surface area contributed by atoms with Crippen molar-refractivity contribution in [2.24, 2.45) is 0 Å². The van der Waals surface area contributed by atoms with E-state index in [1.54, 1.807) is 6.07 Å². The number of aromatic nitrogens is 1. The molecule has 0 radical (unpaired) electrons. The summed E-state index contributed by atoms with van der Waals surface area (Å²) in [6.45, 7) is 3.80. The van der Waals surface area contributed by atoms with E-state index in [0.29, 0.717) is 4.90 Å². The molecule has 0 aliphatic carbocycles. The molecule has 1 N–H and O–H groups in total. The summed E-state index contributed by atoms with van der Waals surface area (Å²) in [6.07, 6.45) is 0. The van der Waals surface area contributed by atoms with Gasteiger partial charge in [0.15, 0.2) is 0 Å². The molecule has 1 rings (SSSR count). The van der Waals surface area contributed by atoms with E-state index in [1.807, 2.05) is 13.8 Å². The lowest BCUT2D eigenvalue weighted by Crippen LogP contribution is -2.08. The first-order valence-electron chi connectivity index (χ1n) is 3.01. The smallest absolute Gasteiger partial charge is 0.261 e. The van der Waals surface area contributed by atoms with Gasteiger partial charge < -0.3 is 4.98 Å². The molecule has 2 nitrogen and oxygen atoms in total. The van der Waals surface area contributed by atoms with E-state index in [2.05, 4.69) is 17.6 Å². The molecule has 0 aromatic carbocycles. The third-order valence-corrected chi connectivity index (χ3v) is 1.81. The fourth-order valence-corrected chi connectivity index (χ4v) is 0.961. The van der Waals surface area contributed by atoms with Crippen molar-refractivity contribution in [2.45, 2.75) is 18.7 Å². The largest absolute Gasteiger partial charge is 0.325 e. The number of hydrogen-bond acceptors (Lipinski definition) is 2. The quantitative estimate of drug-likeness (QED) is 0.543. The SMILES string of the molecule is Cc1cc(S)c(=O)[nH]c1C. The van der Waals surface area contributed by atoms with Crippen LogP contribution in [0.4, 0.5) is 0 Å². The highest BCUT2D eigenvalue weighted by Gasteiger charge is 1.96. The van der Waals surface area contributed by atoms with E-state index < -0.39 is 0 Å². The second kappa shape index (κ2) is 2.50. The van der Waals surface area contributed by atoms with Gasteiger partial charge in [-0.05, 0) is 25.5 Å². The minimum Gasteiger partial charge on any atom is -0.325 e. The zero-order valence-electron chi connectivity index (χ0n) is 5.93. The van der Waals surface area contributed by atoms with Crippen molar-refractivity contribution < 1.29 is 0 Å². The Balaban J connectivity index is 3.43. The van der Waals surface area contributed by atoms with E-state index in [4.69, 9.17) is 0 Å². The van der Waals surface area contributed by atoms with Crippen molar-refractivity contribution in [3.63, 3.8) is 0 Å². The molecule has 0 aliphatic heterocycles. The van der Waals surface area contributed by atoms with Crippen LogP contribution in [0.15, 0.2) is 15.8 Å². The summed E-state index contributed by atoms with van der Waals surface area (Å²) in [5.74, 6) is 0. The third-order valence-electron chi connectivity index (χ3n) is 1.48. The van der Waals surface area contributed by atoms with Crippen molar-refractivity contribution in [1.29, 1.82) is 0 Å². The predicted molar refractivity (Wildman–Crippen MR) is 43.8 cm³/mol. The summed E-state index contributed by atoms with van der Waals surface area (Å²) in [5.41, 5.74) is 1.85. The zero-order valence-corrected chi connectivity index (χ0v) is 6.83. The maximum absolute atomic E-state index is 10.9. The highest BCUT2D eigenvalue weighted by atomic mass is 32.1. The van der Waals surface area contributed by atoms with Gasteiger partial charge in [0.25, 0.3) is 5.56 Å².